The van der Waals surface area contributed by atoms with Gasteiger partial charge in [-0.2, -0.15) is 0 Å². The van der Waals surface area contributed by atoms with Crippen LogP contribution >= 0.6 is 0 Å². The van der Waals surface area contributed by atoms with Gasteiger partial charge in [-0.25, -0.2) is 23.1 Å². The highest BCUT2D eigenvalue weighted by molar-refractivity contribution is 6.03. The summed E-state index contributed by atoms with van der Waals surface area (Å²) in [4.78, 5) is 22.7. The van der Waals surface area contributed by atoms with E-state index in [1.165, 1.54) is 12.1 Å². The molecule has 0 fully saturated rings. The third-order valence-corrected chi connectivity index (χ3v) is 6.50. The number of halogens is 3. The van der Waals surface area contributed by atoms with Gasteiger partial charge in [-0.05, 0) is 25.0 Å². The van der Waals surface area contributed by atoms with Crippen LogP contribution in [0, 0.1) is 12.7 Å². The van der Waals surface area contributed by atoms with E-state index in [4.69, 9.17) is 4.74 Å². The first-order valence-corrected chi connectivity index (χ1v) is 11.8. The Morgan fingerprint density at radius 1 is 1.31 bits per heavy atom. The fourth-order valence-electron chi connectivity index (χ4n) is 4.66. The first-order chi connectivity index (χ1) is 17.3. The molecule has 0 aliphatic carbocycles. The fourth-order valence-corrected chi connectivity index (χ4v) is 4.66. The van der Waals surface area contributed by atoms with Gasteiger partial charge in [0, 0.05) is 49.6 Å². The molecule has 1 aromatic heterocycles. The summed E-state index contributed by atoms with van der Waals surface area (Å²) in [6.07, 6.45) is -0.199. The molecular formula is C26H26F3N5O2. The monoisotopic (exact) mass is 497 g/mol. The molecular weight excluding hydrogens is 471 g/mol. The second-order valence-corrected chi connectivity index (χ2v) is 8.84. The topological polar surface area (TPSA) is 79.4 Å². The van der Waals surface area contributed by atoms with Crippen molar-refractivity contribution >= 4 is 33.9 Å². The van der Waals surface area contributed by atoms with Gasteiger partial charge in [-0.15, -0.1) is 0 Å². The quantitative estimate of drug-likeness (QED) is 0.513. The van der Waals surface area contributed by atoms with E-state index in [0.717, 1.165) is 22.9 Å². The van der Waals surface area contributed by atoms with Crippen molar-refractivity contribution in [3.8, 4) is 5.75 Å². The Kier molecular flexibility index (Phi) is 6.42. The first kappa shape index (κ1) is 23.9. The van der Waals surface area contributed by atoms with Crippen LogP contribution in [0.2, 0.25) is 0 Å². The van der Waals surface area contributed by atoms with Gasteiger partial charge in [0.25, 0.3) is 6.43 Å². The largest absolute Gasteiger partial charge is 0.489 e. The van der Waals surface area contributed by atoms with E-state index in [-0.39, 0.29) is 18.0 Å². The van der Waals surface area contributed by atoms with Gasteiger partial charge >= 0.3 is 0 Å². The predicted molar refractivity (Wildman–Crippen MR) is 132 cm³/mol. The van der Waals surface area contributed by atoms with Gasteiger partial charge in [-0.3, -0.25) is 4.79 Å². The van der Waals surface area contributed by atoms with Gasteiger partial charge in [0.2, 0.25) is 5.91 Å². The lowest BCUT2D eigenvalue weighted by atomic mass is 9.95. The van der Waals surface area contributed by atoms with E-state index in [2.05, 4.69) is 20.6 Å². The van der Waals surface area contributed by atoms with Crippen molar-refractivity contribution in [1.82, 2.24) is 14.9 Å². The number of alkyl halides is 2. The molecule has 0 atom stereocenters. The number of carbonyl (C=O) groups is 1. The lowest BCUT2D eigenvalue weighted by Crippen LogP contribution is -2.32. The Morgan fingerprint density at radius 3 is 2.86 bits per heavy atom. The molecule has 2 aromatic carbocycles. The number of aryl methyl sites for hydroxylation is 1. The molecule has 5 rings (SSSR count). The SMILES string of the molecule is CC(=O)N1CC=C(c2cc3c(NCc4cccc(C(F)F)c4F)nc(C)nc3c3c2OCCN3)CC1. The summed E-state index contributed by atoms with van der Waals surface area (Å²) < 4.78 is 47.0. The van der Waals surface area contributed by atoms with Gasteiger partial charge in [0.15, 0.2) is 5.75 Å². The normalized spacial score (nSPS) is 15.3. The summed E-state index contributed by atoms with van der Waals surface area (Å²) in [5, 5.41) is 7.23. The average molecular weight is 498 g/mol. The van der Waals surface area contributed by atoms with Gasteiger partial charge in [-0.1, -0.05) is 24.3 Å². The number of nitrogens with one attached hydrogen (secondary N) is 2. The number of anilines is 2. The second kappa shape index (κ2) is 9.67. The van der Waals surface area contributed by atoms with Crippen molar-refractivity contribution in [2.24, 2.45) is 0 Å². The summed E-state index contributed by atoms with van der Waals surface area (Å²) >= 11 is 0. The van der Waals surface area contributed by atoms with E-state index in [0.29, 0.717) is 61.0 Å². The van der Waals surface area contributed by atoms with E-state index >= 15 is 0 Å². The molecule has 2 N–H and O–H groups in total. The number of hydrogen-bond donors (Lipinski definition) is 2. The molecule has 0 saturated heterocycles. The molecule has 2 aliphatic heterocycles. The van der Waals surface area contributed by atoms with Gasteiger partial charge in [0.05, 0.1) is 5.56 Å². The number of benzene rings is 2. The Morgan fingerprint density at radius 2 is 2.14 bits per heavy atom. The minimum atomic E-state index is -2.89. The number of fused-ring (bicyclic) bond motifs is 3. The van der Waals surface area contributed by atoms with E-state index < -0.39 is 17.8 Å². The Labute approximate surface area is 206 Å². The van der Waals surface area contributed by atoms with Gasteiger partial charge < -0.3 is 20.3 Å². The average Bonchev–Trinajstić information content (AvgIpc) is 2.87. The number of rotatable bonds is 5. The minimum absolute atomic E-state index is 0.0233. The summed E-state index contributed by atoms with van der Waals surface area (Å²) in [5.41, 5.74) is 2.84. The molecule has 0 bridgehead atoms. The van der Waals surface area contributed by atoms with Crippen LogP contribution in [0.1, 0.15) is 42.3 Å². The van der Waals surface area contributed by atoms with Crippen molar-refractivity contribution in [3.05, 3.63) is 58.7 Å². The number of hydrogen-bond acceptors (Lipinski definition) is 6. The van der Waals surface area contributed by atoms with Crippen molar-refractivity contribution in [3.63, 3.8) is 0 Å². The maximum Gasteiger partial charge on any atom is 0.266 e. The molecule has 36 heavy (non-hydrogen) atoms. The zero-order chi connectivity index (χ0) is 25.4. The number of ether oxygens (including phenoxy) is 1. The van der Waals surface area contributed by atoms with Crippen LogP contribution in [0.4, 0.5) is 24.7 Å². The molecule has 0 spiro atoms. The lowest BCUT2D eigenvalue weighted by molar-refractivity contribution is -0.128. The van der Waals surface area contributed by atoms with Crippen LogP contribution in [-0.4, -0.2) is 47.0 Å². The van der Waals surface area contributed by atoms with Crippen LogP contribution in [-0.2, 0) is 11.3 Å². The van der Waals surface area contributed by atoms with Gasteiger partial charge in [0.1, 0.15) is 35.3 Å². The molecule has 1 amide bonds. The standard InChI is InChI=1S/C26H26F3N5O2/c1-14-32-22-20(26(33-14)31-13-17-4-3-5-18(21(17)27)25(28)29)12-19(24-23(22)30-8-11-36-24)16-6-9-34(10-7-16)15(2)35/h3-6,12,25,30H,7-11,13H2,1-2H3,(H,31,32,33). The Hall–Kier alpha value is -3.82. The molecule has 10 heteroatoms. The molecule has 7 nitrogen and oxygen atoms in total. The van der Waals surface area contributed by atoms with E-state index in [1.807, 2.05) is 12.1 Å². The second-order valence-electron chi connectivity index (χ2n) is 8.84. The zero-order valence-corrected chi connectivity index (χ0v) is 20.0. The summed E-state index contributed by atoms with van der Waals surface area (Å²) in [5.74, 6) is 0.782. The number of aromatic nitrogens is 2. The van der Waals surface area contributed by atoms with Crippen LogP contribution in [0.25, 0.3) is 16.5 Å². The Bertz CT molecular complexity index is 1380. The minimum Gasteiger partial charge on any atom is -0.489 e. The van der Waals surface area contributed by atoms with Crippen LogP contribution < -0.4 is 15.4 Å². The third kappa shape index (κ3) is 4.43. The number of nitrogens with zero attached hydrogens (tertiary/aromatic N) is 3. The predicted octanol–water partition coefficient (Wildman–Crippen LogP) is 5.07. The highest BCUT2D eigenvalue weighted by atomic mass is 19.3. The van der Waals surface area contributed by atoms with E-state index in [9.17, 15) is 18.0 Å². The summed E-state index contributed by atoms with van der Waals surface area (Å²) in [6.45, 7) is 5.53. The van der Waals surface area contributed by atoms with Crippen LogP contribution in [0.15, 0.2) is 30.3 Å². The smallest absolute Gasteiger partial charge is 0.266 e. The van der Waals surface area contributed by atoms with Crippen molar-refractivity contribution in [1.29, 1.82) is 0 Å². The number of amides is 1. The highest BCUT2D eigenvalue weighted by Crippen LogP contribution is 2.44. The third-order valence-electron chi connectivity index (χ3n) is 6.50. The molecule has 188 valence electrons. The van der Waals surface area contributed by atoms with E-state index in [1.54, 1.807) is 18.7 Å². The molecule has 0 unspecified atom stereocenters. The Balaban J connectivity index is 1.57. The number of carbonyl (C=O) groups excluding carboxylic acids is 1. The lowest BCUT2D eigenvalue weighted by Gasteiger charge is -2.29. The molecule has 2 aliphatic rings. The molecule has 0 radical (unpaired) electrons. The fraction of sp³-hybridized carbons (Fsp3) is 0.346. The van der Waals surface area contributed by atoms with Crippen LogP contribution in [0.5, 0.6) is 5.75 Å². The van der Waals surface area contributed by atoms with Crippen molar-refractivity contribution < 1.29 is 22.7 Å². The summed E-state index contributed by atoms with van der Waals surface area (Å²) in [7, 11) is 0. The first-order valence-electron chi connectivity index (χ1n) is 11.8. The zero-order valence-electron chi connectivity index (χ0n) is 20.0. The molecule has 3 heterocycles. The maximum atomic E-state index is 14.6. The van der Waals surface area contributed by atoms with Crippen LogP contribution in [0.3, 0.4) is 0 Å². The highest BCUT2D eigenvalue weighted by Gasteiger charge is 2.25. The summed E-state index contributed by atoms with van der Waals surface area (Å²) in [6, 6.07) is 5.93. The van der Waals surface area contributed by atoms with Crippen molar-refractivity contribution in [2.75, 3.05) is 36.9 Å². The van der Waals surface area contributed by atoms with Crippen molar-refractivity contribution in [2.45, 2.75) is 33.2 Å². The maximum absolute atomic E-state index is 14.6. The molecule has 3 aromatic rings. The molecule has 0 saturated carbocycles.